The molecule has 2 atom stereocenters. The van der Waals surface area contributed by atoms with E-state index in [1.807, 2.05) is 0 Å². The lowest BCUT2D eigenvalue weighted by molar-refractivity contribution is -0.177. The maximum Gasteiger partial charge on any atom is 0.319 e. The molecule has 0 heterocycles. The molecule has 0 aromatic rings. The second kappa shape index (κ2) is 8.88. The minimum Gasteiger partial charge on any atom is -0.392 e. The van der Waals surface area contributed by atoms with E-state index >= 15 is 0 Å². The molecule has 0 fully saturated rings. The quantitative estimate of drug-likeness (QED) is 0.341. The van der Waals surface area contributed by atoms with Gasteiger partial charge in [0.15, 0.2) is 11.6 Å². The lowest BCUT2D eigenvalue weighted by Crippen LogP contribution is -2.44. The zero-order valence-corrected chi connectivity index (χ0v) is 16.2. The SMILES string of the molecule is C=CC(=O)C(CC)C(C)(C)C(=O)OC(=O)C(C)(C)C(CC)C(=O)C=C. The average Bonchev–Trinajstić information content (AvgIpc) is 2.54. The smallest absolute Gasteiger partial charge is 0.319 e. The van der Waals surface area contributed by atoms with Gasteiger partial charge in [0.1, 0.15) is 0 Å². The summed E-state index contributed by atoms with van der Waals surface area (Å²) in [6.07, 6.45) is 3.17. The lowest BCUT2D eigenvalue weighted by Gasteiger charge is -2.33. The van der Waals surface area contributed by atoms with Crippen molar-refractivity contribution in [3.63, 3.8) is 0 Å². The highest BCUT2D eigenvalue weighted by atomic mass is 16.6. The van der Waals surface area contributed by atoms with Gasteiger partial charge in [0.25, 0.3) is 0 Å². The topological polar surface area (TPSA) is 77.5 Å². The van der Waals surface area contributed by atoms with Crippen molar-refractivity contribution in [2.75, 3.05) is 0 Å². The summed E-state index contributed by atoms with van der Waals surface area (Å²) in [5.41, 5.74) is -2.37. The van der Waals surface area contributed by atoms with Gasteiger partial charge in [0.2, 0.25) is 0 Å². The first-order valence-corrected chi connectivity index (χ1v) is 8.50. The molecule has 0 spiro atoms. The van der Waals surface area contributed by atoms with Crippen LogP contribution in [0, 0.1) is 22.7 Å². The Labute approximate surface area is 150 Å². The minimum absolute atomic E-state index is 0.274. The molecule has 0 amide bonds. The molecule has 5 heteroatoms. The van der Waals surface area contributed by atoms with E-state index in [1.54, 1.807) is 41.5 Å². The molecule has 0 aliphatic rings. The molecule has 0 N–H and O–H groups in total. The van der Waals surface area contributed by atoms with Crippen molar-refractivity contribution in [2.24, 2.45) is 22.7 Å². The molecule has 5 nitrogen and oxygen atoms in total. The van der Waals surface area contributed by atoms with Gasteiger partial charge in [-0.05, 0) is 52.7 Å². The molecular formula is C20H30O5. The van der Waals surface area contributed by atoms with Crippen molar-refractivity contribution in [1.82, 2.24) is 0 Å². The molecule has 0 rings (SSSR count). The van der Waals surface area contributed by atoms with Crippen LogP contribution in [-0.2, 0) is 23.9 Å². The van der Waals surface area contributed by atoms with Gasteiger partial charge in [-0.2, -0.15) is 0 Å². The third-order valence-electron chi connectivity index (χ3n) is 4.89. The summed E-state index contributed by atoms with van der Waals surface area (Å²) in [7, 11) is 0. The van der Waals surface area contributed by atoms with Crippen LogP contribution in [0.5, 0.6) is 0 Å². The Morgan fingerprint density at radius 2 is 1.08 bits per heavy atom. The molecule has 0 aromatic heterocycles. The lowest BCUT2D eigenvalue weighted by atomic mass is 9.73. The van der Waals surface area contributed by atoms with Crippen LogP contribution in [0.4, 0.5) is 0 Å². The van der Waals surface area contributed by atoms with Crippen LogP contribution >= 0.6 is 0 Å². The average molecular weight is 350 g/mol. The van der Waals surface area contributed by atoms with Crippen LogP contribution in [0.15, 0.2) is 25.3 Å². The first kappa shape index (κ1) is 23.0. The Hall–Kier alpha value is -2.04. The number of ether oxygens (including phenoxy) is 1. The Balaban J connectivity index is 5.48. The molecule has 0 aromatic carbocycles. The van der Waals surface area contributed by atoms with E-state index in [4.69, 9.17) is 4.74 Å². The number of carbonyl (C=O) groups is 4. The number of carbonyl (C=O) groups excluding carboxylic acids is 4. The molecule has 0 aliphatic carbocycles. The molecule has 0 radical (unpaired) electrons. The summed E-state index contributed by atoms with van der Waals surface area (Å²) in [4.78, 5) is 49.1. The van der Waals surface area contributed by atoms with Crippen LogP contribution in [-0.4, -0.2) is 23.5 Å². The van der Waals surface area contributed by atoms with E-state index in [1.165, 1.54) is 12.2 Å². The zero-order chi connectivity index (χ0) is 20.0. The first-order chi connectivity index (χ1) is 11.4. The Kier molecular flexibility index (Phi) is 8.16. The third-order valence-corrected chi connectivity index (χ3v) is 4.89. The van der Waals surface area contributed by atoms with Crippen LogP contribution < -0.4 is 0 Å². The highest BCUT2D eigenvalue weighted by Crippen LogP contribution is 2.36. The van der Waals surface area contributed by atoms with Crippen LogP contribution in [0.2, 0.25) is 0 Å². The fraction of sp³-hybridized carbons (Fsp3) is 0.600. The second-order valence-corrected chi connectivity index (χ2v) is 7.26. The van der Waals surface area contributed by atoms with Crippen molar-refractivity contribution >= 4 is 23.5 Å². The number of esters is 2. The largest absolute Gasteiger partial charge is 0.392 e. The Bertz CT molecular complexity index is 519. The van der Waals surface area contributed by atoms with Gasteiger partial charge in [-0.25, -0.2) is 0 Å². The maximum atomic E-state index is 12.6. The number of hydrogen-bond acceptors (Lipinski definition) is 5. The summed E-state index contributed by atoms with van der Waals surface area (Å²) in [5.74, 6) is -3.38. The molecule has 0 aliphatic heterocycles. The number of rotatable bonds is 10. The molecule has 0 saturated carbocycles. The summed E-state index contributed by atoms with van der Waals surface area (Å²) in [6.45, 7) is 16.7. The predicted octanol–water partition coefficient (Wildman–Crippen LogP) is 3.67. The highest BCUT2D eigenvalue weighted by Gasteiger charge is 2.46. The fourth-order valence-corrected chi connectivity index (χ4v) is 3.05. The summed E-state index contributed by atoms with van der Waals surface area (Å²) >= 11 is 0. The molecular weight excluding hydrogens is 320 g/mol. The molecule has 25 heavy (non-hydrogen) atoms. The third kappa shape index (κ3) is 4.97. The summed E-state index contributed by atoms with van der Waals surface area (Å²) < 4.78 is 5.08. The summed E-state index contributed by atoms with van der Waals surface area (Å²) in [6, 6.07) is 0. The van der Waals surface area contributed by atoms with Crippen molar-refractivity contribution < 1.29 is 23.9 Å². The van der Waals surface area contributed by atoms with Gasteiger partial charge in [-0.3, -0.25) is 19.2 Å². The number of allylic oxidation sites excluding steroid dienone is 2. The predicted molar refractivity (Wildman–Crippen MR) is 96.6 cm³/mol. The molecule has 2 unspecified atom stereocenters. The van der Waals surface area contributed by atoms with E-state index in [0.717, 1.165) is 0 Å². The van der Waals surface area contributed by atoms with Crippen molar-refractivity contribution in [2.45, 2.75) is 54.4 Å². The standard InChI is InChI=1S/C20H30O5/c1-9-13(15(21)11-3)19(5,6)17(23)25-18(24)20(7,8)14(10-2)16(22)12-4/h11-14H,3-4,9-10H2,1-2,5-8H3. The van der Waals surface area contributed by atoms with Crippen LogP contribution in [0.25, 0.3) is 0 Å². The van der Waals surface area contributed by atoms with Crippen LogP contribution in [0.1, 0.15) is 54.4 Å². The van der Waals surface area contributed by atoms with Gasteiger partial charge >= 0.3 is 11.9 Å². The number of hydrogen-bond donors (Lipinski definition) is 0. The molecule has 0 saturated heterocycles. The fourth-order valence-electron chi connectivity index (χ4n) is 3.05. The maximum absolute atomic E-state index is 12.6. The van der Waals surface area contributed by atoms with Crippen molar-refractivity contribution in [1.29, 1.82) is 0 Å². The van der Waals surface area contributed by atoms with E-state index in [2.05, 4.69) is 13.2 Å². The normalized spacial score (nSPS) is 14.2. The Morgan fingerprint density at radius 1 is 0.800 bits per heavy atom. The van der Waals surface area contributed by atoms with Gasteiger partial charge in [0.05, 0.1) is 10.8 Å². The highest BCUT2D eigenvalue weighted by molar-refractivity contribution is 6.00. The molecule has 0 bridgehead atoms. The number of ketones is 2. The van der Waals surface area contributed by atoms with Crippen molar-refractivity contribution in [3.8, 4) is 0 Å². The van der Waals surface area contributed by atoms with Crippen molar-refractivity contribution in [3.05, 3.63) is 25.3 Å². The van der Waals surface area contributed by atoms with Gasteiger partial charge < -0.3 is 4.74 Å². The van der Waals surface area contributed by atoms with E-state index in [0.29, 0.717) is 12.8 Å². The molecule has 140 valence electrons. The van der Waals surface area contributed by atoms with E-state index in [-0.39, 0.29) is 11.6 Å². The van der Waals surface area contributed by atoms with E-state index in [9.17, 15) is 19.2 Å². The minimum atomic E-state index is -1.18. The van der Waals surface area contributed by atoms with Gasteiger partial charge in [-0.15, -0.1) is 0 Å². The first-order valence-electron chi connectivity index (χ1n) is 8.50. The Morgan fingerprint density at radius 3 is 1.28 bits per heavy atom. The monoisotopic (exact) mass is 350 g/mol. The second-order valence-electron chi connectivity index (χ2n) is 7.26. The van der Waals surface area contributed by atoms with Gasteiger partial charge in [-0.1, -0.05) is 27.0 Å². The zero-order valence-electron chi connectivity index (χ0n) is 16.2. The van der Waals surface area contributed by atoms with E-state index < -0.39 is 34.6 Å². The summed E-state index contributed by atoms with van der Waals surface area (Å²) in [5, 5.41) is 0. The van der Waals surface area contributed by atoms with Crippen LogP contribution in [0.3, 0.4) is 0 Å². The van der Waals surface area contributed by atoms with Gasteiger partial charge in [0, 0.05) is 11.8 Å².